The zero-order valence-corrected chi connectivity index (χ0v) is 6.91. The molecule has 2 nitrogen and oxygen atoms in total. The van der Waals surface area contributed by atoms with Crippen LogP contribution in [0.4, 0.5) is 0 Å². The van der Waals surface area contributed by atoms with Crippen molar-refractivity contribution < 1.29 is 0 Å². The van der Waals surface area contributed by atoms with Crippen molar-refractivity contribution in [3.05, 3.63) is 36.2 Å². The normalized spacial score (nSPS) is 17.8. The number of nitrogens with zero attached hydrogens (tertiary/aromatic N) is 2. The molecule has 0 amide bonds. The van der Waals surface area contributed by atoms with E-state index in [1.807, 2.05) is 30.1 Å². The summed E-state index contributed by atoms with van der Waals surface area (Å²) < 4.78 is 0. The molecule has 0 aromatic rings. The van der Waals surface area contributed by atoms with E-state index in [9.17, 15) is 0 Å². The molecule has 0 atom stereocenters. The van der Waals surface area contributed by atoms with Crippen LogP contribution in [-0.4, -0.2) is 18.3 Å². The second-order valence-electron chi connectivity index (χ2n) is 2.40. The first-order valence-electron chi connectivity index (χ1n) is 3.51. The Labute approximate surface area is 67.2 Å². The molecule has 0 unspecified atom stereocenters. The van der Waals surface area contributed by atoms with Gasteiger partial charge in [-0.3, -0.25) is 4.99 Å². The predicted octanol–water partition coefficient (Wildman–Crippen LogP) is 1.93. The SMILES string of the molecule is C=C1C=CC=C(C)N1C=NC. The predicted molar refractivity (Wildman–Crippen MR) is 48.3 cm³/mol. The van der Waals surface area contributed by atoms with Gasteiger partial charge in [-0.1, -0.05) is 12.7 Å². The van der Waals surface area contributed by atoms with Gasteiger partial charge in [0.2, 0.25) is 0 Å². The second-order valence-corrected chi connectivity index (χ2v) is 2.40. The van der Waals surface area contributed by atoms with Crippen molar-refractivity contribution in [2.24, 2.45) is 4.99 Å². The Balaban J connectivity index is 2.86. The van der Waals surface area contributed by atoms with Crippen molar-refractivity contribution >= 4 is 6.34 Å². The molecule has 0 saturated heterocycles. The monoisotopic (exact) mass is 148 g/mol. The molecule has 2 heteroatoms. The van der Waals surface area contributed by atoms with E-state index in [-0.39, 0.29) is 0 Å². The maximum Gasteiger partial charge on any atom is 0.0933 e. The molecule has 11 heavy (non-hydrogen) atoms. The van der Waals surface area contributed by atoms with Crippen molar-refractivity contribution in [2.45, 2.75) is 6.92 Å². The molecule has 0 radical (unpaired) electrons. The average molecular weight is 148 g/mol. The van der Waals surface area contributed by atoms with E-state index in [0.717, 1.165) is 11.4 Å². The van der Waals surface area contributed by atoms with Gasteiger partial charge >= 0.3 is 0 Å². The maximum atomic E-state index is 3.93. The molecule has 0 bridgehead atoms. The summed E-state index contributed by atoms with van der Waals surface area (Å²) in [5.41, 5.74) is 2.10. The molecule has 0 N–H and O–H groups in total. The van der Waals surface area contributed by atoms with Crippen LogP contribution in [0.5, 0.6) is 0 Å². The maximum absolute atomic E-state index is 3.93. The van der Waals surface area contributed by atoms with Crippen molar-refractivity contribution in [3.63, 3.8) is 0 Å². The first-order chi connectivity index (χ1) is 5.25. The van der Waals surface area contributed by atoms with E-state index in [1.165, 1.54) is 0 Å². The third kappa shape index (κ3) is 1.58. The lowest BCUT2D eigenvalue weighted by Gasteiger charge is -2.22. The van der Waals surface area contributed by atoms with E-state index in [0.29, 0.717) is 0 Å². The van der Waals surface area contributed by atoms with Crippen LogP contribution in [0.2, 0.25) is 0 Å². The quantitative estimate of drug-likeness (QED) is 0.410. The molecule has 1 rings (SSSR count). The number of hydrogen-bond acceptors (Lipinski definition) is 1. The third-order valence-corrected chi connectivity index (χ3v) is 1.55. The fourth-order valence-electron chi connectivity index (χ4n) is 0.966. The van der Waals surface area contributed by atoms with E-state index >= 15 is 0 Å². The number of allylic oxidation sites excluding steroid dienone is 4. The van der Waals surface area contributed by atoms with Gasteiger partial charge in [-0.05, 0) is 19.1 Å². The van der Waals surface area contributed by atoms with Gasteiger partial charge in [0.15, 0.2) is 0 Å². The number of rotatable bonds is 1. The summed E-state index contributed by atoms with van der Waals surface area (Å²) in [4.78, 5) is 5.87. The van der Waals surface area contributed by atoms with Crippen LogP contribution in [-0.2, 0) is 0 Å². The largest absolute Gasteiger partial charge is 0.306 e. The first-order valence-corrected chi connectivity index (χ1v) is 3.51. The fraction of sp³-hybridized carbons (Fsp3) is 0.222. The van der Waals surface area contributed by atoms with E-state index in [4.69, 9.17) is 0 Å². The van der Waals surface area contributed by atoms with Crippen molar-refractivity contribution in [2.75, 3.05) is 7.05 Å². The smallest absolute Gasteiger partial charge is 0.0933 e. The zero-order chi connectivity index (χ0) is 8.27. The van der Waals surface area contributed by atoms with E-state index in [2.05, 4.69) is 11.6 Å². The molecule has 0 spiro atoms. The number of aliphatic imine (C=N–C) groups is 1. The van der Waals surface area contributed by atoms with Crippen LogP contribution in [0.15, 0.2) is 41.2 Å². The Morgan fingerprint density at radius 2 is 2.36 bits per heavy atom. The van der Waals surface area contributed by atoms with Crippen molar-refractivity contribution in [3.8, 4) is 0 Å². The summed E-state index contributed by atoms with van der Waals surface area (Å²) in [6, 6.07) is 0. The summed E-state index contributed by atoms with van der Waals surface area (Å²) in [6.07, 6.45) is 7.72. The Hall–Kier alpha value is -1.31. The van der Waals surface area contributed by atoms with Gasteiger partial charge in [0.25, 0.3) is 0 Å². The zero-order valence-electron chi connectivity index (χ0n) is 6.91. The molecule has 0 aliphatic carbocycles. The van der Waals surface area contributed by atoms with Gasteiger partial charge in [0.1, 0.15) is 0 Å². The van der Waals surface area contributed by atoms with E-state index in [1.54, 1.807) is 13.4 Å². The van der Waals surface area contributed by atoms with Gasteiger partial charge in [-0.25, -0.2) is 0 Å². The highest BCUT2D eigenvalue weighted by atomic mass is 15.2. The molecule has 58 valence electrons. The molecule has 0 aromatic heterocycles. The highest BCUT2D eigenvalue weighted by molar-refractivity contribution is 5.63. The second kappa shape index (κ2) is 3.19. The minimum absolute atomic E-state index is 0.954. The van der Waals surface area contributed by atoms with Crippen LogP contribution < -0.4 is 0 Å². The Morgan fingerprint density at radius 3 is 2.91 bits per heavy atom. The van der Waals surface area contributed by atoms with Crippen LogP contribution in [0.3, 0.4) is 0 Å². The van der Waals surface area contributed by atoms with Gasteiger partial charge in [-0.2, -0.15) is 0 Å². The minimum atomic E-state index is 0.954. The van der Waals surface area contributed by atoms with Crippen LogP contribution in [0.25, 0.3) is 0 Å². The third-order valence-electron chi connectivity index (χ3n) is 1.55. The van der Waals surface area contributed by atoms with Crippen molar-refractivity contribution in [1.29, 1.82) is 0 Å². The summed E-state index contributed by atoms with van der Waals surface area (Å²) >= 11 is 0. The average Bonchev–Trinajstić information content (AvgIpc) is 1.97. The lowest BCUT2D eigenvalue weighted by molar-refractivity contribution is 0.665. The molecule has 0 saturated carbocycles. The highest BCUT2D eigenvalue weighted by Gasteiger charge is 2.05. The van der Waals surface area contributed by atoms with Crippen LogP contribution >= 0.6 is 0 Å². The standard InChI is InChI=1S/C9H12N2/c1-8-5-4-6-9(2)11(8)7-10-3/h4-7H,1H2,2-3H3. The first kappa shape index (κ1) is 7.79. The molecule has 0 aromatic carbocycles. The molecule has 1 heterocycles. The fourth-order valence-corrected chi connectivity index (χ4v) is 0.966. The van der Waals surface area contributed by atoms with Gasteiger partial charge in [0, 0.05) is 18.4 Å². The summed E-state index contributed by atoms with van der Waals surface area (Å²) in [5, 5.41) is 0. The number of hydrogen-bond donors (Lipinski definition) is 0. The molecular formula is C9H12N2. The van der Waals surface area contributed by atoms with Gasteiger partial charge in [0.05, 0.1) is 6.34 Å². The lowest BCUT2D eigenvalue weighted by atomic mass is 10.2. The lowest BCUT2D eigenvalue weighted by Crippen LogP contribution is -2.18. The van der Waals surface area contributed by atoms with E-state index < -0.39 is 0 Å². The molecule has 0 fully saturated rings. The molecular weight excluding hydrogens is 136 g/mol. The summed E-state index contributed by atoms with van der Waals surface area (Å²) in [7, 11) is 1.75. The summed E-state index contributed by atoms with van der Waals surface area (Å²) in [6.45, 7) is 5.90. The minimum Gasteiger partial charge on any atom is -0.306 e. The Bertz CT molecular complexity index is 246. The Kier molecular flexibility index (Phi) is 2.26. The van der Waals surface area contributed by atoms with Crippen molar-refractivity contribution in [1.82, 2.24) is 4.90 Å². The molecule has 1 aliphatic rings. The summed E-state index contributed by atoms with van der Waals surface area (Å²) in [5.74, 6) is 0. The Morgan fingerprint density at radius 1 is 1.64 bits per heavy atom. The molecule has 1 aliphatic heterocycles. The van der Waals surface area contributed by atoms with Gasteiger partial charge < -0.3 is 4.90 Å². The topological polar surface area (TPSA) is 15.6 Å². The van der Waals surface area contributed by atoms with Crippen LogP contribution in [0.1, 0.15) is 6.92 Å². The van der Waals surface area contributed by atoms with Gasteiger partial charge in [-0.15, -0.1) is 0 Å². The van der Waals surface area contributed by atoms with Crippen LogP contribution in [0, 0.1) is 0 Å². The highest BCUT2D eigenvalue weighted by Crippen LogP contribution is 2.14.